The van der Waals surface area contributed by atoms with Gasteiger partial charge in [0.2, 0.25) is 0 Å². The zero-order chi connectivity index (χ0) is 25.6. The molecule has 1 amide bonds. The van der Waals surface area contributed by atoms with Gasteiger partial charge in [0, 0.05) is 43.0 Å². The second kappa shape index (κ2) is 9.45. The number of carbonyl (C=O) groups is 1. The van der Waals surface area contributed by atoms with E-state index in [2.05, 4.69) is 17.9 Å². The molecule has 2 fully saturated rings. The molecule has 0 unspecified atom stereocenters. The smallest absolute Gasteiger partial charge is 0.254 e. The third-order valence-electron chi connectivity index (χ3n) is 7.78. The molecule has 4 heterocycles. The number of benzene rings is 1. The minimum absolute atomic E-state index is 0.0229. The number of piperidine rings is 1. The summed E-state index contributed by atoms with van der Waals surface area (Å²) in [6, 6.07) is 8.24. The second-order valence-electron chi connectivity index (χ2n) is 10.4. The molecule has 3 aromatic rings. The van der Waals surface area contributed by atoms with E-state index in [-0.39, 0.29) is 17.9 Å². The summed E-state index contributed by atoms with van der Waals surface area (Å²) in [6.45, 7) is 10.3. The van der Waals surface area contributed by atoms with Gasteiger partial charge in [0.15, 0.2) is 5.65 Å². The van der Waals surface area contributed by atoms with E-state index in [1.54, 1.807) is 7.11 Å². The van der Waals surface area contributed by atoms with Gasteiger partial charge in [-0.2, -0.15) is 10.4 Å². The predicted octanol–water partition coefficient (Wildman–Crippen LogP) is 4.63. The average molecular weight is 487 g/mol. The number of likely N-dealkylation sites (tertiary alicyclic amines) is 1. The van der Waals surface area contributed by atoms with Gasteiger partial charge < -0.3 is 14.5 Å². The molecule has 0 spiro atoms. The quantitative estimate of drug-likeness (QED) is 0.535. The highest BCUT2D eigenvalue weighted by Crippen LogP contribution is 2.34. The maximum atomic E-state index is 13.7. The Morgan fingerprint density at radius 1 is 1.11 bits per heavy atom. The summed E-state index contributed by atoms with van der Waals surface area (Å²) < 4.78 is 7.27. The molecule has 2 aromatic heterocycles. The maximum Gasteiger partial charge on any atom is 0.254 e. The topological polar surface area (TPSA) is 86.8 Å². The van der Waals surface area contributed by atoms with Crippen LogP contribution in [0, 0.1) is 43.9 Å². The highest BCUT2D eigenvalue weighted by molar-refractivity contribution is 5.96. The molecule has 2 aliphatic heterocycles. The summed E-state index contributed by atoms with van der Waals surface area (Å²) in [5, 5.41) is 14.3. The van der Waals surface area contributed by atoms with Gasteiger partial charge in [-0.3, -0.25) is 4.79 Å². The van der Waals surface area contributed by atoms with Crippen molar-refractivity contribution in [3.8, 4) is 11.8 Å². The molecule has 2 aliphatic rings. The van der Waals surface area contributed by atoms with Crippen LogP contribution < -0.4 is 9.64 Å². The van der Waals surface area contributed by atoms with Gasteiger partial charge in [-0.05, 0) is 69.2 Å². The van der Waals surface area contributed by atoms with Crippen molar-refractivity contribution in [1.29, 1.82) is 5.26 Å². The van der Waals surface area contributed by atoms with E-state index in [1.807, 2.05) is 54.6 Å². The van der Waals surface area contributed by atoms with Crippen LogP contribution in [0.15, 0.2) is 24.4 Å². The molecular weight excluding hydrogens is 452 g/mol. The van der Waals surface area contributed by atoms with Gasteiger partial charge in [0.1, 0.15) is 11.6 Å². The number of aromatic nitrogens is 3. The summed E-state index contributed by atoms with van der Waals surface area (Å²) >= 11 is 0. The number of amides is 1. The molecule has 36 heavy (non-hydrogen) atoms. The number of hydrogen-bond acceptors (Lipinski definition) is 6. The second-order valence-corrected chi connectivity index (χ2v) is 10.4. The minimum atomic E-state index is -0.0895. The van der Waals surface area contributed by atoms with Crippen molar-refractivity contribution in [2.45, 2.75) is 53.0 Å². The van der Waals surface area contributed by atoms with Crippen LogP contribution in [0.1, 0.15) is 65.0 Å². The molecule has 8 heteroatoms. The molecule has 0 bridgehead atoms. The van der Waals surface area contributed by atoms with E-state index in [1.165, 1.54) is 0 Å². The van der Waals surface area contributed by atoms with Gasteiger partial charge in [-0.1, -0.05) is 6.92 Å². The molecule has 188 valence electrons. The predicted molar refractivity (Wildman–Crippen MR) is 138 cm³/mol. The van der Waals surface area contributed by atoms with E-state index in [0.717, 1.165) is 71.0 Å². The molecule has 1 aromatic carbocycles. The monoisotopic (exact) mass is 486 g/mol. The lowest BCUT2D eigenvalue weighted by atomic mass is 9.96. The van der Waals surface area contributed by atoms with E-state index < -0.39 is 0 Å². The molecule has 2 saturated heterocycles. The summed E-state index contributed by atoms with van der Waals surface area (Å²) in [7, 11) is 1.65. The summed E-state index contributed by atoms with van der Waals surface area (Å²) in [4.78, 5) is 22.9. The molecule has 3 atom stereocenters. The Balaban J connectivity index is 1.46. The highest BCUT2D eigenvalue weighted by atomic mass is 16.5. The number of carbonyl (C=O) groups excluding carboxylic acids is 1. The van der Waals surface area contributed by atoms with Crippen molar-refractivity contribution in [2.75, 3.05) is 31.6 Å². The summed E-state index contributed by atoms with van der Waals surface area (Å²) in [5.74, 6) is 2.10. The number of nitrogens with zero attached hydrogens (tertiary/aromatic N) is 6. The Morgan fingerprint density at radius 2 is 1.92 bits per heavy atom. The van der Waals surface area contributed by atoms with Crippen LogP contribution in [-0.4, -0.2) is 52.1 Å². The van der Waals surface area contributed by atoms with Crippen molar-refractivity contribution in [1.82, 2.24) is 19.5 Å². The van der Waals surface area contributed by atoms with Crippen LogP contribution in [0.4, 0.5) is 5.82 Å². The van der Waals surface area contributed by atoms with Crippen molar-refractivity contribution >= 4 is 17.4 Å². The molecule has 5 rings (SSSR count). The van der Waals surface area contributed by atoms with Gasteiger partial charge in [-0.15, -0.1) is 0 Å². The maximum absolute atomic E-state index is 13.7. The molecule has 8 nitrogen and oxygen atoms in total. The van der Waals surface area contributed by atoms with Gasteiger partial charge in [0.05, 0.1) is 30.8 Å². The Bertz CT molecular complexity index is 1360. The third-order valence-corrected chi connectivity index (χ3v) is 7.78. The number of methoxy groups -OCH3 is 1. The lowest BCUT2D eigenvalue weighted by Crippen LogP contribution is -2.39. The standard InChI is InChI=1S/C28H34N6O2/c1-17-11-25(36-5)18(2)10-22(17)28(35)33-9-7-6-8-24(33)23-12-26-30-27(20(4)15-34(26)31-23)32-14-19(3)21(13-29)16-32/h10-12,15,19,21,24H,6-9,14,16H2,1-5H3/t19-,21+,24-/m0/s1. The molecule has 0 N–H and O–H groups in total. The van der Waals surface area contributed by atoms with Crippen molar-refractivity contribution in [3.05, 3.63) is 52.3 Å². The van der Waals surface area contributed by atoms with E-state index in [4.69, 9.17) is 14.8 Å². The van der Waals surface area contributed by atoms with E-state index in [0.29, 0.717) is 19.0 Å². The van der Waals surface area contributed by atoms with Crippen LogP contribution in [0.5, 0.6) is 5.75 Å². The normalized spacial score (nSPS) is 22.2. The fourth-order valence-electron chi connectivity index (χ4n) is 5.69. The number of aryl methyl sites for hydroxylation is 3. The number of nitriles is 1. The van der Waals surface area contributed by atoms with Crippen LogP contribution in [0.3, 0.4) is 0 Å². The van der Waals surface area contributed by atoms with Crippen LogP contribution in [-0.2, 0) is 0 Å². The fourth-order valence-corrected chi connectivity index (χ4v) is 5.69. The van der Waals surface area contributed by atoms with Crippen molar-refractivity contribution < 1.29 is 9.53 Å². The SMILES string of the molecule is COc1cc(C)c(C(=O)N2CCCC[C@H]2c2cc3nc(N4C[C@@H](C#N)[C@@H](C)C4)c(C)cn3n2)cc1C. The third kappa shape index (κ3) is 4.17. The number of rotatable bonds is 4. The molecular formula is C28H34N6O2. The fraction of sp³-hybridized carbons (Fsp3) is 0.500. The Labute approximate surface area is 212 Å². The molecule has 0 aliphatic carbocycles. The first-order chi connectivity index (χ1) is 17.3. The Hall–Kier alpha value is -3.60. The summed E-state index contributed by atoms with van der Waals surface area (Å²) in [5.41, 5.74) is 5.26. The average Bonchev–Trinajstić information content (AvgIpc) is 3.46. The molecule has 0 saturated carbocycles. The molecule has 0 radical (unpaired) electrons. The van der Waals surface area contributed by atoms with Crippen molar-refractivity contribution in [3.63, 3.8) is 0 Å². The summed E-state index contributed by atoms with van der Waals surface area (Å²) in [6.07, 6.45) is 4.93. The lowest BCUT2D eigenvalue weighted by Gasteiger charge is -2.35. The van der Waals surface area contributed by atoms with Crippen LogP contribution >= 0.6 is 0 Å². The van der Waals surface area contributed by atoms with Crippen LogP contribution in [0.2, 0.25) is 0 Å². The number of anilines is 1. The largest absolute Gasteiger partial charge is 0.496 e. The minimum Gasteiger partial charge on any atom is -0.496 e. The Morgan fingerprint density at radius 3 is 2.64 bits per heavy atom. The van der Waals surface area contributed by atoms with Crippen LogP contribution in [0.25, 0.3) is 5.65 Å². The first kappa shape index (κ1) is 24.1. The Kier molecular flexibility index (Phi) is 6.33. The first-order valence-electron chi connectivity index (χ1n) is 12.8. The number of hydrogen-bond donors (Lipinski definition) is 0. The highest BCUT2D eigenvalue weighted by Gasteiger charge is 2.33. The zero-order valence-electron chi connectivity index (χ0n) is 21.8. The zero-order valence-corrected chi connectivity index (χ0v) is 21.8. The van der Waals surface area contributed by atoms with Gasteiger partial charge in [-0.25, -0.2) is 9.50 Å². The first-order valence-corrected chi connectivity index (χ1v) is 12.8. The number of ether oxygens (including phenoxy) is 1. The van der Waals surface area contributed by atoms with Gasteiger partial charge in [0.25, 0.3) is 5.91 Å². The van der Waals surface area contributed by atoms with Crippen molar-refractivity contribution in [2.24, 2.45) is 11.8 Å². The number of fused-ring (bicyclic) bond motifs is 1. The van der Waals surface area contributed by atoms with E-state index in [9.17, 15) is 10.1 Å². The lowest BCUT2D eigenvalue weighted by molar-refractivity contribution is 0.0605. The van der Waals surface area contributed by atoms with Gasteiger partial charge >= 0.3 is 0 Å². The van der Waals surface area contributed by atoms with E-state index >= 15 is 0 Å².